The summed E-state index contributed by atoms with van der Waals surface area (Å²) >= 11 is 3.01. The van der Waals surface area contributed by atoms with E-state index in [-0.39, 0.29) is 22.5 Å². The van der Waals surface area contributed by atoms with E-state index in [1.165, 1.54) is 23.9 Å². The molecule has 1 aromatic rings. The molecule has 2 N–H and O–H groups in total. The molecule has 1 aromatic carbocycles. The maximum Gasteiger partial charge on any atom is 0.269 e. The van der Waals surface area contributed by atoms with Crippen molar-refractivity contribution in [3.63, 3.8) is 0 Å². The standard InChI is InChI=1S/C12H13NO5S2/c14-9-8-5-19-11(10(9)15)12(18-8)20-7-3-1-6(2-4-7)13(16)17/h1-4,8-12,14-15H,5H2/t8-,9-,10+,11+,12?/m1/s1. The topological polar surface area (TPSA) is 92.8 Å². The van der Waals surface area contributed by atoms with Gasteiger partial charge in [-0.1, -0.05) is 11.8 Å². The molecule has 6 nitrogen and oxygen atoms in total. The number of hydrogen-bond acceptors (Lipinski definition) is 7. The van der Waals surface area contributed by atoms with Gasteiger partial charge in [0.25, 0.3) is 5.69 Å². The molecule has 108 valence electrons. The van der Waals surface area contributed by atoms with Crippen LogP contribution in [-0.4, -0.2) is 49.9 Å². The number of thioether (sulfide) groups is 2. The molecule has 5 atom stereocenters. The van der Waals surface area contributed by atoms with Gasteiger partial charge in [0.2, 0.25) is 0 Å². The van der Waals surface area contributed by atoms with E-state index in [0.29, 0.717) is 5.75 Å². The lowest BCUT2D eigenvalue weighted by Crippen LogP contribution is -2.60. The number of nitro groups is 1. The quantitative estimate of drug-likeness (QED) is 0.640. The predicted molar refractivity (Wildman–Crippen MR) is 75.9 cm³/mol. The van der Waals surface area contributed by atoms with Crippen LogP contribution in [0.3, 0.4) is 0 Å². The zero-order valence-electron chi connectivity index (χ0n) is 10.3. The van der Waals surface area contributed by atoms with Crippen molar-refractivity contribution in [3.8, 4) is 0 Å². The van der Waals surface area contributed by atoms with Gasteiger partial charge in [-0.25, -0.2) is 0 Å². The molecule has 0 saturated carbocycles. The zero-order chi connectivity index (χ0) is 14.3. The first-order valence-corrected chi connectivity index (χ1v) is 8.03. The number of hydrogen-bond donors (Lipinski definition) is 2. The summed E-state index contributed by atoms with van der Waals surface area (Å²) in [5, 5.41) is 30.2. The highest BCUT2D eigenvalue weighted by atomic mass is 32.2. The molecule has 0 spiro atoms. The third-order valence-electron chi connectivity index (χ3n) is 3.40. The van der Waals surface area contributed by atoms with Crippen LogP contribution in [0.5, 0.6) is 0 Å². The fraction of sp³-hybridized carbons (Fsp3) is 0.500. The van der Waals surface area contributed by atoms with E-state index in [4.69, 9.17) is 4.74 Å². The van der Waals surface area contributed by atoms with Crippen LogP contribution < -0.4 is 0 Å². The molecule has 8 heteroatoms. The van der Waals surface area contributed by atoms with Crippen molar-refractivity contribution in [2.24, 2.45) is 0 Å². The number of benzene rings is 1. The lowest BCUT2D eigenvalue weighted by Gasteiger charge is -2.47. The van der Waals surface area contributed by atoms with Gasteiger partial charge in [-0.05, 0) is 12.1 Å². The molecule has 4 rings (SSSR count). The normalized spacial score (nSPS) is 36.0. The Kier molecular flexibility index (Phi) is 3.91. The Morgan fingerprint density at radius 1 is 1.30 bits per heavy atom. The highest BCUT2D eigenvalue weighted by molar-refractivity contribution is 8.03. The second-order valence-corrected chi connectivity index (χ2v) is 7.07. The van der Waals surface area contributed by atoms with Gasteiger partial charge in [0.05, 0.1) is 22.4 Å². The van der Waals surface area contributed by atoms with Crippen molar-refractivity contribution in [1.82, 2.24) is 0 Å². The molecule has 0 amide bonds. The minimum atomic E-state index is -0.824. The fourth-order valence-electron chi connectivity index (χ4n) is 2.30. The molecule has 0 radical (unpaired) electrons. The number of ether oxygens (including phenoxy) is 1. The molecule has 20 heavy (non-hydrogen) atoms. The number of nitro benzene ring substituents is 1. The molecule has 3 saturated heterocycles. The van der Waals surface area contributed by atoms with Crippen molar-refractivity contribution in [1.29, 1.82) is 0 Å². The van der Waals surface area contributed by atoms with Crippen LogP contribution in [-0.2, 0) is 4.74 Å². The van der Waals surface area contributed by atoms with Crippen molar-refractivity contribution in [2.75, 3.05) is 5.75 Å². The molecule has 3 fully saturated rings. The maximum absolute atomic E-state index is 10.6. The van der Waals surface area contributed by atoms with E-state index >= 15 is 0 Å². The highest BCUT2D eigenvalue weighted by Gasteiger charge is 2.49. The van der Waals surface area contributed by atoms with Crippen LogP contribution in [0.15, 0.2) is 29.2 Å². The zero-order valence-corrected chi connectivity index (χ0v) is 11.9. The first kappa shape index (κ1) is 14.2. The summed E-state index contributed by atoms with van der Waals surface area (Å²) in [5.41, 5.74) is -0.205. The van der Waals surface area contributed by atoms with Crippen molar-refractivity contribution >= 4 is 29.2 Å². The molecular formula is C12H13NO5S2. The Hall–Kier alpha value is -0.800. The van der Waals surface area contributed by atoms with Gasteiger partial charge >= 0.3 is 0 Å². The largest absolute Gasteiger partial charge is 0.389 e. The number of aliphatic hydroxyl groups is 2. The lowest BCUT2D eigenvalue weighted by atomic mass is 10.0. The SMILES string of the molecule is O=[N+]([O-])c1ccc(SC2O[C@@H]3CS[C@H]2[C@@H](O)[C@@H]3O)cc1. The van der Waals surface area contributed by atoms with Gasteiger partial charge in [0, 0.05) is 22.8 Å². The number of fused-ring (bicyclic) bond motifs is 3. The van der Waals surface area contributed by atoms with Crippen molar-refractivity contribution < 1.29 is 19.9 Å². The van der Waals surface area contributed by atoms with Crippen LogP contribution in [0.2, 0.25) is 0 Å². The molecule has 0 aliphatic carbocycles. The fourth-order valence-corrected chi connectivity index (χ4v) is 5.03. The Bertz CT molecular complexity index is 509. The summed E-state index contributed by atoms with van der Waals surface area (Å²) < 4.78 is 5.75. The third kappa shape index (κ3) is 2.53. The molecule has 1 unspecified atom stereocenters. The van der Waals surface area contributed by atoms with E-state index in [0.717, 1.165) is 4.90 Å². The summed E-state index contributed by atoms with van der Waals surface area (Å²) in [6.07, 6.45) is -1.96. The monoisotopic (exact) mass is 315 g/mol. The van der Waals surface area contributed by atoms with Gasteiger partial charge < -0.3 is 14.9 Å². The average molecular weight is 315 g/mol. The molecular weight excluding hydrogens is 302 g/mol. The van der Waals surface area contributed by atoms with Crippen LogP contribution in [0.25, 0.3) is 0 Å². The van der Waals surface area contributed by atoms with Crippen LogP contribution in [0, 0.1) is 10.1 Å². The van der Waals surface area contributed by atoms with Gasteiger partial charge in [-0.3, -0.25) is 10.1 Å². The molecule has 3 heterocycles. The molecule has 3 aliphatic heterocycles. The lowest BCUT2D eigenvalue weighted by molar-refractivity contribution is -0.384. The maximum atomic E-state index is 10.6. The van der Waals surface area contributed by atoms with Crippen molar-refractivity contribution in [2.45, 2.75) is 33.9 Å². The van der Waals surface area contributed by atoms with Crippen LogP contribution >= 0.6 is 23.5 Å². The number of nitrogens with zero attached hydrogens (tertiary/aromatic N) is 1. The minimum Gasteiger partial charge on any atom is -0.389 e. The second-order valence-electron chi connectivity index (χ2n) is 4.69. The predicted octanol–water partition coefficient (Wildman–Crippen LogP) is 1.25. The molecule has 2 bridgehead atoms. The minimum absolute atomic E-state index is 0.0465. The molecule has 0 aromatic heterocycles. The van der Waals surface area contributed by atoms with E-state index < -0.39 is 17.1 Å². The Morgan fingerprint density at radius 2 is 2.00 bits per heavy atom. The van der Waals surface area contributed by atoms with E-state index in [1.54, 1.807) is 23.9 Å². The smallest absolute Gasteiger partial charge is 0.269 e. The van der Waals surface area contributed by atoms with Crippen LogP contribution in [0.4, 0.5) is 5.69 Å². The first-order chi connectivity index (χ1) is 9.56. The summed E-state index contributed by atoms with van der Waals surface area (Å²) in [5.74, 6) is 0.681. The van der Waals surface area contributed by atoms with Gasteiger partial charge in [-0.2, -0.15) is 0 Å². The Labute approximate surface area is 123 Å². The second kappa shape index (κ2) is 5.53. The van der Waals surface area contributed by atoms with Crippen LogP contribution in [0.1, 0.15) is 0 Å². The summed E-state index contributed by atoms with van der Waals surface area (Å²) in [6, 6.07) is 6.23. The highest BCUT2D eigenvalue weighted by Crippen LogP contribution is 2.44. The van der Waals surface area contributed by atoms with Crippen molar-refractivity contribution in [3.05, 3.63) is 34.4 Å². The average Bonchev–Trinajstić information content (AvgIpc) is 2.45. The Balaban J connectivity index is 1.71. The van der Waals surface area contributed by atoms with E-state index in [1.807, 2.05) is 0 Å². The molecule has 3 aliphatic rings. The van der Waals surface area contributed by atoms with Gasteiger partial charge in [0.1, 0.15) is 11.5 Å². The summed E-state index contributed by atoms with van der Waals surface area (Å²) in [7, 11) is 0. The number of aliphatic hydroxyl groups excluding tert-OH is 2. The van der Waals surface area contributed by atoms with Gasteiger partial charge in [0.15, 0.2) is 0 Å². The third-order valence-corrected chi connectivity index (χ3v) is 6.18. The first-order valence-electron chi connectivity index (χ1n) is 6.10. The van der Waals surface area contributed by atoms with E-state index in [9.17, 15) is 20.3 Å². The number of non-ortho nitro benzene ring substituents is 1. The Morgan fingerprint density at radius 3 is 2.60 bits per heavy atom. The summed E-state index contributed by atoms with van der Waals surface area (Å²) in [4.78, 5) is 11.0. The number of rotatable bonds is 3. The van der Waals surface area contributed by atoms with Gasteiger partial charge in [-0.15, -0.1) is 11.8 Å². The summed E-state index contributed by atoms with van der Waals surface area (Å²) in [6.45, 7) is 0. The van der Waals surface area contributed by atoms with E-state index in [2.05, 4.69) is 0 Å².